The van der Waals surface area contributed by atoms with E-state index in [1.54, 1.807) is 0 Å². The van der Waals surface area contributed by atoms with Crippen molar-refractivity contribution in [2.45, 2.75) is 26.3 Å². The third-order valence-electron chi connectivity index (χ3n) is 2.20. The zero-order valence-corrected chi connectivity index (χ0v) is 12.7. The maximum Gasteiger partial charge on any atom is 0.330 e. The lowest BCUT2D eigenvalue weighted by Crippen LogP contribution is -2.10. The van der Waals surface area contributed by atoms with E-state index in [1.807, 2.05) is 13.0 Å². The monoisotopic (exact) mass is 285 g/mol. The van der Waals surface area contributed by atoms with E-state index in [0.717, 1.165) is 13.0 Å². The molecule has 1 aromatic rings. The third kappa shape index (κ3) is 11.5. The van der Waals surface area contributed by atoms with Gasteiger partial charge in [-0.25, -0.2) is 4.79 Å². The van der Waals surface area contributed by atoms with Gasteiger partial charge in [-0.15, -0.1) is 12.4 Å². The fraction of sp³-hybridized carbons (Fsp3) is 0.400. The molecule has 0 bridgehead atoms. The molecular weight excluding hydrogens is 262 g/mol. The van der Waals surface area contributed by atoms with Crippen molar-refractivity contribution in [2.24, 2.45) is 0 Å². The Morgan fingerprint density at radius 2 is 1.79 bits per heavy atom. The maximum absolute atomic E-state index is 9.99. The van der Waals surface area contributed by atoms with Gasteiger partial charge in [0.25, 0.3) is 0 Å². The first-order valence-corrected chi connectivity index (χ1v) is 6.07. The maximum atomic E-state index is 9.99. The molecular formula is C15H24ClNO2. The van der Waals surface area contributed by atoms with Crippen molar-refractivity contribution in [1.29, 1.82) is 0 Å². The van der Waals surface area contributed by atoms with Gasteiger partial charge in [0.15, 0.2) is 0 Å². The molecule has 0 aromatic heterocycles. The lowest BCUT2D eigenvalue weighted by molar-refractivity contribution is -0.132. The van der Waals surface area contributed by atoms with Crippen LogP contribution in [-0.4, -0.2) is 30.1 Å². The minimum Gasteiger partial charge on any atom is -0.478 e. The molecule has 0 atom stereocenters. The second-order valence-corrected chi connectivity index (χ2v) is 4.38. The number of nitrogens with zero attached hydrogens (tertiary/aromatic N) is 1. The second kappa shape index (κ2) is 11.8. The molecule has 0 saturated carbocycles. The van der Waals surface area contributed by atoms with Crippen LogP contribution in [0.2, 0.25) is 0 Å². The topological polar surface area (TPSA) is 40.5 Å². The SMILES string of the molecule is C=C(CCC)C(=O)O.CN(C)Cc1ccccc1.Cl. The fourth-order valence-electron chi connectivity index (χ4n) is 1.36. The summed E-state index contributed by atoms with van der Waals surface area (Å²) in [5, 5.41) is 8.21. The number of hydrogen-bond donors (Lipinski definition) is 1. The largest absolute Gasteiger partial charge is 0.478 e. The average molecular weight is 286 g/mol. The Balaban J connectivity index is 0. The molecule has 4 heteroatoms. The van der Waals surface area contributed by atoms with Crippen LogP contribution in [0.25, 0.3) is 0 Å². The number of halogens is 1. The predicted octanol–water partition coefficient (Wildman–Crippen LogP) is 3.60. The standard InChI is InChI=1S/C9H13N.C6H10O2.ClH/c1-10(2)8-9-6-4-3-5-7-9;1-3-4-5(2)6(7)8;/h3-7H,8H2,1-2H3;2-4H2,1H3,(H,7,8);1H. The number of hydrogen-bond acceptors (Lipinski definition) is 2. The first kappa shape index (κ1) is 20.0. The zero-order chi connectivity index (χ0) is 14.0. The Hall–Kier alpha value is -1.32. The van der Waals surface area contributed by atoms with E-state index in [4.69, 9.17) is 5.11 Å². The Morgan fingerprint density at radius 1 is 1.26 bits per heavy atom. The quantitative estimate of drug-likeness (QED) is 0.841. The van der Waals surface area contributed by atoms with Gasteiger partial charge in [-0.05, 0) is 26.1 Å². The van der Waals surface area contributed by atoms with Gasteiger partial charge in [0.05, 0.1) is 0 Å². The Bertz CT molecular complexity index is 364. The molecule has 0 spiro atoms. The molecule has 0 unspecified atom stereocenters. The van der Waals surface area contributed by atoms with E-state index < -0.39 is 5.97 Å². The summed E-state index contributed by atoms with van der Waals surface area (Å²) >= 11 is 0. The summed E-state index contributed by atoms with van der Waals surface area (Å²) in [5.41, 5.74) is 1.67. The van der Waals surface area contributed by atoms with Crippen LogP contribution >= 0.6 is 12.4 Å². The van der Waals surface area contributed by atoms with Crippen molar-refractivity contribution < 1.29 is 9.90 Å². The van der Waals surface area contributed by atoms with Crippen LogP contribution in [0, 0.1) is 0 Å². The first-order chi connectivity index (χ1) is 8.47. The van der Waals surface area contributed by atoms with Gasteiger partial charge >= 0.3 is 5.97 Å². The molecule has 3 nitrogen and oxygen atoms in total. The van der Waals surface area contributed by atoms with Crippen LogP contribution < -0.4 is 0 Å². The Kier molecular flexibility index (Phi) is 12.4. The van der Waals surface area contributed by atoms with E-state index in [2.05, 4.69) is 49.8 Å². The van der Waals surface area contributed by atoms with Crippen LogP contribution in [0.3, 0.4) is 0 Å². The Labute approximate surface area is 122 Å². The van der Waals surface area contributed by atoms with E-state index in [-0.39, 0.29) is 12.4 Å². The van der Waals surface area contributed by atoms with Crippen molar-refractivity contribution >= 4 is 18.4 Å². The lowest BCUT2D eigenvalue weighted by Gasteiger charge is -2.08. The first-order valence-electron chi connectivity index (χ1n) is 6.07. The van der Waals surface area contributed by atoms with Gasteiger partial charge in [-0.1, -0.05) is 50.3 Å². The highest BCUT2D eigenvalue weighted by molar-refractivity contribution is 5.85. The molecule has 108 valence electrons. The molecule has 1 aromatic carbocycles. The molecule has 0 heterocycles. The molecule has 19 heavy (non-hydrogen) atoms. The summed E-state index contributed by atoms with van der Waals surface area (Å²) in [6.45, 7) is 6.30. The minimum atomic E-state index is -0.883. The molecule has 0 amide bonds. The van der Waals surface area contributed by atoms with E-state index in [0.29, 0.717) is 12.0 Å². The highest BCUT2D eigenvalue weighted by Gasteiger charge is 1.99. The van der Waals surface area contributed by atoms with E-state index >= 15 is 0 Å². The van der Waals surface area contributed by atoms with Crippen molar-refractivity contribution in [2.75, 3.05) is 14.1 Å². The van der Waals surface area contributed by atoms with Crippen LogP contribution in [0.1, 0.15) is 25.3 Å². The van der Waals surface area contributed by atoms with E-state index in [9.17, 15) is 4.79 Å². The van der Waals surface area contributed by atoms with Crippen LogP contribution in [0.15, 0.2) is 42.5 Å². The summed E-state index contributed by atoms with van der Waals surface area (Å²) < 4.78 is 0. The predicted molar refractivity (Wildman–Crippen MR) is 82.8 cm³/mol. The zero-order valence-electron chi connectivity index (χ0n) is 11.9. The molecule has 0 aliphatic rings. The number of rotatable bonds is 5. The average Bonchev–Trinajstić information content (AvgIpc) is 2.30. The van der Waals surface area contributed by atoms with Crippen molar-refractivity contribution in [3.8, 4) is 0 Å². The van der Waals surface area contributed by atoms with E-state index in [1.165, 1.54) is 5.56 Å². The summed E-state index contributed by atoms with van der Waals surface area (Å²) in [6.07, 6.45) is 1.44. The van der Waals surface area contributed by atoms with Crippen molar-refractivity contribution in [1.82, 2.24) is 4.90 Å². The van der Waals surface area contributed by atoms with Gasteiger partial charge in [-0.3, -0.25) is 0 Å². The molecule has 1 rings (SSSR count). The normalized spacial score (nSPS) is 9.05. The van der Waals surface area contributed by atoms with Crippen LogP contribution in [0.5, 0.6) is 0 Å². The molecule has 0 saturated heterocycles. The van der Waals surface area contributed by atoms with Crippen molar-refractivity contribution in [3.63, 3.8) is 0 Å². The summed E-state index contributed by atoms with van der Waals surface area (Å²) in [6, 6.07) is 10.5. The second-order valence-electron chi connectivity index (χ2n) is 4.38. The highest BCUT2D eigenvalue weighted by atomic mass is 35.5. The molecule has 1 N–H and O–H groups in total. The summed E-state index contributed by atoms with van der Waals surface area (Å²) in [5.74, 6) is -0.883. The van der Waals surface area contributed by atoms with Gasteiger partial charge in [0.2, 0.25) is 0 Å². The lowest BCUT2D eigenvalue weighted by atomic mass is 10.2. The summed E-state index contributed by atoms with van der Waals surface area (Å²) in [7, 11) is 4.15. The Morgan fingerprint density at radius 3 is 2.11 bits per heavy atom. The number of carboxylic acid groups (broad SMARTS) is 1. The summed E-state index contributed by atoms with van der Waals surface area (Å²) in [4.78, 5) is 12.2. The molecule has 0 radical (unpaired) electrons. The van der Waals surface area contributed by atoms with Crippen LogP contribution in [-0.2, 0) is 11.3 Å². The highest BCUT2D eigenvalue weighted by Crippen LogP contribution is 2.00. The number of carbonyl (C=O) groups is 1. The number of aliphatic carboxylic acids is 1. The number of benzene rings is 1. The van der Waals surface area contributed by atoms with Crippen molar-refractivity contribution in [3.05, 3.63) is 48.0 Å². The van der Waals surface area contributed by atoms with Gasteiger partial charge < -0.3 is 10.0 Å². The van der Waals surface area contributed by atoms with Gasteiger partial charge in [-0.2, -0.15) is 0 Å². The fourth-order valence-corrected chi connectivity index (χ4v) is 1.36. The van der Waals surface area contributed by atoms with Gasteiger partial charge in [0, 0.05) is 12.1 Å². The molecule has 0 aliphatic carbocycles. The van der Waals surface area contributed by atoms with Gasteiger partial charge in [0.1, 0.15) is 0 Å². The smallest absolute Gasteiger partial charge is 0.330 e. The van der Waals surface area contributed by atoms with Crippen LogP contribution in [0.4, 0.5) is 0 Å². The molecule has 0 aliphatic heterocycles. The molecule has 0 fully saturated rings. The third-order valence-corrected chi connectivity index (χ3v) is 2.20. The minimum absolute atomic E-state index is 0. The number of carboxylic acids is 1.